The summed E-state index contributed by atoms with van der Waals surface area (Å²) in [6, 6.07) is 7.19. The van der Waals surface area contributed by atoms with Gasteiger partial charge in [0, 0.05) is 17.3 Å². The molecule has 0 radical (unpaired) electrons. The third-order valence-electron chi connectivity index (χ3n) is 2.45. The molecule has 2 aromatic rings. The second-order valence-corrected chi connectivity index (χ2v) is 3.66. The molecule has 1 aromatic heterocycles. The third kappa shape index (κ3) is 2.34. The summed E-state index contributed by atoms with van der Waals surface area (Å²) in [6.45, 7) is 0.270. The van der Waals surface area contributed by atoms with Gasteiger partial charge in [-0.3, -0.25) is 4.79 Å². The standard InChI is InChI=1S/C12H13N3O2/c1-13-7-11(16)9-5-3-2-4-8(9)10-6-14-12(17)15-10/h2-6,13H,7H2,1H3,(H2,14,15,17). The lowest BCUT2D eigenvalue weighted by Gasteiger charge is -2.06. The Morgan fingerprint density at radius 2 is 2.12 bits per heavy atom. The SMILES string of the molecule is CNCC(=O)c1ccccc1-c1c[nH]c(=O)[nH]1. The van der Waals surface area contributed by atoms with Crippen LogP contribution < -0.4 is 11.0 Å². The molecule has 0 bridgehead atoms. The number of carbonyl (C=O) groups is 1. The van der Waals surface area contributed by atoms with Crippen molar-refractivity contribution in [3.05, 3.63) is 46.5 Å². The van der Waals surface area contributed by atoms with Gasteiger partial charge in [-0.15, -0.1) is 0 Å². The largest absolute Gasteiger partial charge is 0.323 e. The first-order valence-corrected chi connectivity index (χ1v) is 5.27. The lowest BCUT2D eigenvalue weighted by Crippen LogP contribution is -2.19. The van der Waals surface area contributed by atoms with Gasteiger partial charge in [0.1, 0.15) is 0 Å². The van der Waals surface area contributed by atoms with Crippen LogP contribution >= 0.6 is 0 Å². The Balaban J connectivity index is 2.47. The van der Waals surface area contributed by atoms with Crippen LogP contribution in [0, 0.1) is 0 Å². The second kappa shape index (κ2) is 4.80. The number of hydrogen-bond acceptors (Lipinski definition) is 3. The number of aromatic amines is 2. The predicted molar refractivity (Wildman–Crippen MR) is 65.1 cm³/mol. The third-order valence-corrected chi connectivity index (χ3v) is 2.45. The van der Waals surface area contributed by atoms with Crippen molar-refractivity contribution in [1.29, 1.82) is 0 Å². The first-order chi connectivity index (χ1) is 8.22. The molecule has 0 aliphatic carbocycles. The van der Waals surface area contributed by atoms with E-state index in [2.05, 4.69) is 15.3 Å². The minimum absolute atomic E-state index is 0.00912. The van der Waals surface area contributed by atoms with Gasteiger partial charge in [-0.05, 0) is 7.05 Å². The second-order valence-electron chi connectivity index (χ2n) is 3.66. The molecule has 0 aliphatic rings. The number of hydrogen-bond donors (Lipinski definition) is 3. The number of aromatic nitrogens is 2. The fourth-order valence-corrected chi connectivity index (χ4v) is 1.69. The highest BCUT2D eigenvalue weighted by molar-refractivity contribution is 6.03. The first kappa shape index (κ1) is 11.3. The maximum atomic E-state index is 11.9. The van der Waals surface area contributed by atoms with E-state index in [-0.39, 0.29) is 18.0 Å². The maximum absolute atomic E-state index is 11.9. The predicted octanol–water partition coefficient (Wildman–Crippen LogP) is 0.772. The van der Waals surface area contributed by atoms with Crippen LogP contribution in [0.25, 0.3) is 11.3 Å². The molecule has 5 heteroatoms. The molecular formula is C12H13N3O2. The number of rotatable bonds is 4. The Bertz CT molecular complexity index is 583. The average Bonchev–Trinajstić information content (AvgIpc) is 2.76. The van der Waals surface area contributed by atoms with E-state index < -0.39 is 0 Å². The zero-order chi connectivity index (χ0) is 12.3. The molecule has 1 heterocycles. The zero-order valence-corrected chi connectivity index (χ0v) is 9.41. The van der Waals surface area contributed by atoms with Gasteiger partial charge in [-0.25, -0.2) is 4.79 Å². The molecule has 0 saturated carbocycles. The minimum atomic E-state index is -0.282. The molecule has 0 amide bonds. The number of H-pyrrole nitrogens is 2. The molecule has 0 saturated heterocycles. The zero-order valence-electron chi connectivity index (χ0n) is 9.41. The summed E-state index contributed by atoms with van der Waals surface area (Å²) in [4.78, 5) is 28.1. The highest BCUT2D eigenvalue weighted by Crippen LogP contribution is 2.20. The Hall–Kier alpha value is -2.14. The van der Waals surface area contributed by atoms with E-state index in [1.807, 2.05) is 12.1 Å². The van der Waals surface area contributed by atoms with Crippen molar-refractivity contribution in [2.45, 2.75) is 0 Å². The van der Waals surface area contributed by atoms with E-state index in [0.717, 1.165) is 5.56 Å². The van der Waals surface area contributed by atoms with E-state index in [9.17, 15) is 9.59 Å². The van der Waals surface area contributed by atoms with Crippen LogP contribution in [0.3, 0.4) is 0 Å². The quantitative estimate of drug-likeness (QED) is 0.680. The van der Waals surface area contributed by atoms with E-state index in [4.69, 9.17) is 0 Å². The van der Waals surface area contributed by atoms with Crippen LogP contribution in [0.15, 0.2) is 35.3 Å². The highest BCUT2D eigenvalue weighted by atomic mass is 16.1. The van der Waals surface area contributed by atoms with Crippen LogP contribution in [-0.4, -0.2) is 29.3 Å². The van der Waals surface area contributed by atoms with Crippen LogP contribution in [0.1, 0.15) is 10.4 Å². The number of likely N-dealkylation sites (N-methyl/N-ethyl adjacent to an activating group) is 1. The summed E-state index contributed by atoms with van der Waals surface area (Å²) >= 11 is 0. The van der Waals surface area contributed by atoms with Gasteiger partial charge in [0.2, 0.25) is 0 Å². The minimum Gasteiger partial charge on any atom is -0.313 e. The van der Waals surface area contributed by atoms with Crippen molar-refractivity contribution in [2.75, 3.05) is 13.6 Å². The molecule has 1 aromatic carbocycles. The summed E-state index contributed by atoms with van der Waals surface area (Å²) in [5, 5.41) is 2.82. The van der Waals surface area contributed by atoms with Gasteiger partial charge < -0.3 is 15.3 Å². The first-order valence-electron chi connectivity index (χ1n) is 5.27. The van der Waals surface area contributed by atoms with Crippen LogP contribution in [0.2, 0.25) is 0 Å². The number of benzene rings is 1. The molecule has 0 fully saturated rings. The Kier molecular flexibility index (Phi) is 3.20. The fourth-order valence-electron chi connectivity index (χ4n) is 1.69. The van der Waals surface area contributed by atoms with E-state index in [1.165, 1.54) is 0 Å². The maximum Gasteiger partial charge on any atom is 0.323 e. The smallest absolute Gasteiger partial charge is 0.313 e. The van der Waals surface area contributed by atoms with Gasteiger partial charge in [0.05, 0.1) is 12.2 Å². The fraction of sp³-hybridized carbons (Fsp3) is 0.167. The summed E-state index contributed by atoms with van der Waals surface area (Å²) in [6.07, 6.45) is 1.56. The lowest BCUT2D eigenvalue weighted by molar-refractivity contribution is 0.0994. The topological polar surface area (TPSA) is 77.8 Å². The van der Waals surface area contributed by atoms with Crippen molar-refractivity contribution in [2.24, 2.45) is 0 Å². The summed E-state index contributed by atoms with van der Waals surface area (Å²) < 4.78 is 0. The van der Waals surface area contributed by atoms with Crippen molar-refractivity contribution in [3.8, 4) is 11.3 Å². The molecule has 3 N–H and O–H groups in total. The number of imidazole rings is 1. The molecule has 0 unspecified atom stereocenters. The number of nitrogens with one attached hydrogen (secondary N) is 3. The molecule has 2 rings (SSSR count). The molecule has 88 valence electrons. The monoisotopic (exact) mass is 231 g/mol. The Morgan fingerprint density at radius 1 is 1.35 bits per heavy atom. The number of ketones is 1. The summed E-state index contributed by atoms with van der Waals surface area (Å²) in [5.74, 6) is -0.00912. The normalized spacial score (nSPS) is 10.4. The average molecular weight is 231 g/mol. The van der Waals surface area contributed by atoms with Gasteiger partial charge in [0.25, 0.3) is 0 Å². The number of Topliss-reactive ketones (excluding diaryl/α,β-unsaturated/α-hetero) is 1. The lowest BCUT2D eigenvalue weighted by atomic mass is 10.0. The molecule has 0 aliphatic heterocycles. The van der Waals surface area contributed by atoms with Crippen molar-refractivity contribution < 1.29 is 4.79 Å². The van der Waals surface area contributed by atoms with Crippen LogP contribution in [-0.2, 0) is 0 Å². The Labute approximate surface area is 97.9 Å². The van der Waals surface area contributed by atoms with Gasteiger partial charge in [-0.2, -0.15) is 0 Å². The summed E-state index contributed by atoms with van der Waals surface area (Å²) in [7, 11) is 1.72. The summed E-state index contributed by atoms with van der Waals surface area (Å²) in [5.41, 5.74) is 1.66. The molecule has 5 nitrogen and oxygen atoms in total. The van der Waals surface area contributed by atoms with E-state index in [0.29, 0.717) is 11.3 Å². The Morgan fingerprint density at radius 3 is 2.76 bits per heavy atom. The molecule has 0 spiro atoms. The van der Waals surface area contributed by atoms with Crippen LogP contribution in [0.4, 0.5) is 0 Å². The van der Waals surface area contributed by atoms with Crippen molar-refractivity contribution >= 4 is 5.78 Å². The van der Waals surface area contributed by atoms with Gasteiger partial charge >= 0.3 is 5.69 Å². The molecule has 0 atom stereocenters. The van der Waals surface area contributed by atoms with E-state index >= 15 is 0 Å². The highest BCUT2D eigenvalue weighted by Gasteiger charge is 2.12. The van der Waals surface area contributed by atoms with Crippen molar-refractivity contribution in [3.63, 3.8) is 0 Å². The molecule has 17 heavy (non-hydrogen) atoms. The van der Waals surface area contributed by atoms with E-state index in [1.54, 1.807) is 25.4 Å². The van der Waals surface area contributed by atoms with Crippen LogP contribution in [0.5, 0.6) is 0 Å². The van der Waals surface area contributed by atoms with Gasteiger partial charge in [0.15, 0.2) is 5.78 Å². The number of carbonyl (C=O) groups excluding carboxylic acids is 1. The van der Waals surface area contributed by atoms with Gasteiger partial charge in [-0.1, -0.05) is 24.3 Å². The van der Waals surface area contributed by atoms with Crippen molar-refractivity contribution in [1.82, 2.24) is 15.3 Å². The molecular weight excluding hydrogens is 218 g/mol.